The molecule has 0 radical (unpaired) electrons. The highest BCUT2D eigenvalue weighted by molar-refractivity contribution is 5.93. The van der Waals surface area contributed by atoms with Gasteiger partial charge < -0.3 is 10.4 Å². The van der Waals surface area contributed by atoms with Crippen LogP contribution < -0.4 is 5.32 Å². The maximum absolute atomic E-state index is 13.1. The van der Waals surface area contributed by atoms with Crippen molar-refractivity contribution in [3.8, 4) is 0 Å². The van der Waals surface area contributed by atoms with E-state index in [2.05, 4.69) is 10.3 Å². The number of hydrogen-bond acceptors (Lipinski definition) is 3. The van der Waals surface area contributed by atoms with E-state index in [0.717, 1.165) is 37.9 Å². The van der Waals surface area contributed by atoms with E-state index in [-0.39, 0.29) is 17.4 Å². The summed E-state index contributed by atoms with van der Waals surface area (Å²) in [5.74, 6) is -1.50. The number of nitrogens with zero attached hydrogens (tertiary/aromatic N) is 1. The topological polar surface area (TPSA) is 62.2 Å². The smallest absolute Gasteiger partial charge is 0.339 e. The van der Waals surface area contributed by atoms with Crippen LogP contribution in [0.3, 0.4) is 0 Å². The Morgan fingerprint density at radius 2 is 1.89 bits per heavy atom. The highest BCUT2D eigenvalue weighted by atomic mass is 19.1. The largest absolute Gasteiger partial charge is 0.478 e. The molecule has 0 unspecified atom stereocenters. The lowest BCUT2D eigenvalue weighted by molar-refractivity contribution is 0.0697. The Balaban J connectivity index is 2.10. The first-order valence-electron chi connectivity index (χ1n) is 6.82. The van der Waals surface area contributed by atoms with Gasteiger partial charge in [-0.15, -0.1) is 0 Å². The van der Waals surface area contributed by atoms with Crippen molar-refractivity contribution in [2.45, 2.75) is 51.0 Å². The van der Waals surface area contributed by atoms with Crippen LogP contribution in [-0.2, 0) is 0 Å². The zero-order valence-corrected chi connectivity index (χ0v) is 10.9. The van der Waals surface area contributed by atoms with Gasteiger partial charge in [-0.2, -0.15) is 0 Å². The quantitative estimate of drug-likeness (QED) is 0.879. The van der Waals surface area contributed by atoms with Gasteiger partial charge in [-0.3, -0.25) is 0 Å². The normalized spacial score (nSPS) is 17.5. The number of aromatic carboxylic acids is 1. The van der Waals surface area contributed by atoms with Crippen LogP contribution in [0.5, 0.6) is 0 Å². The van der Waals surface area contributed by atoms with Crippen molar-refractivity contribution in [3.63, 3.8) is 0 Å². The molecule has 1 aromatic heterocycles. The van der Waals surface area contributed by atoms with Gasteiger partial charge in [0.15, 0.2) is 0 Å². The molecule has 1 aromatic rings. The summed E-state index contributed by atoms with van der Waals surface area (Å²) in [5, 5.41) is 12.2. The first-order chi connectivity index (χ1) is 9.16. The molecule has 1 saturated carbocycles. The predicted octanol–water partition coefficient (Wildman–Crippen LogP) is 3.44. The molecule has 19 heavy (non-hydrogen) atoms. The molecular formula is C14H19FN2O2. The lowest BCUT2D eigenvalue weighted by atomic mass is 9.96. The highest BCUT2D eigenvalue weighted by Crippen LogP contribution is 2.22. The summed E-state index contributed by atoms with van der Waals surface area (Å²) < 4.78 is 13.1. The molecule has 4 nitrogen and oxygen atoms in total. The van der Waals surface area contributed by atoms with Gasteiger partial charge >= 0.3 is 5.97 Å². The number of pyridine rings is 1. The minimum atomic E-state index is -1.15. The van der Waals surface area contributed by atoms with Crippen LogP contribution in [0.1, 0.15) is 55.3 Å². The third kappa shape index (κ3) is 3.91. The summed E-state index contributed by atoms with van der Waals surface area (Å²) in [6, 6.07) is 1.25. The third-order valence-corrected chi connectivity index (χ3v) is 3.53. The van der Waals surface area contributed by atoms with Crippen LogP contribution in [0.15, 0.2) is 12.3 Å². The van der Waals surface area contributed by atoms with Crippen LogP contribution in [0.2, 0.25) is 0 Å². The standard InChI is InChI=1S/C14H19FN2O2/c15-10-8-12(14(18)19)13(16-9-10)17-11-6-4-2-1-3-5-7-11/h8-9,11H,1-7H2,(H,16,17)(H,18,19). The predicted molar refractivity (Wildman–Crippen MR) is 70.9 cm³/mol. The van der Waals surface area contributed by atoms with Gasteiger partial charge in [-0.25, -0.2) is 14.2 Å². The fraction of sp³-hybridized carbons (Fsp3) is 0.571. The van der Waals surface area contributed by atoms with Gasteiger partial charge in [0, 0.05) is 6.04 Å². The van der Waals surface area contributed by atoms with Crippen molar-refractivity contribution in [3.05, 3.63) is 23.6 Å². The maximum Gasteiger partial charge on any atom is 0.339 e. The second-order valence-corrected chi connectivity index (χ2v) is 5.04. The van der Waals surface area contributed by atoms with Crippen molar-refractivity contribution < 1.29 is 14.3 Å². The summed E-state index contributed by atoms with van der Waals surface area (Å²) in [6.07, 6.45) is 9.08. The average molecular weight is 266 g/mol. The number of rotatable bonds is 3. The molecule has 5 heteroatoms. The van der Waals surface area contributed by atoms with Gasteiger partial charge in [0.2, 0.25) is 0 Å². The fourth-order valence-electron chi connectivity index (χ4n) is 2.51. The number of hydrogen-bond donors (Lipinski definition) is 2. The van der Waals surface area contributed by atoms with Crippen molar-refractivity contribution in [2.75, 3.05) is 5.32 Å². The molecule has 0 amide bonds. The zero-order valence-electron chi connectivity index (χ0n) is 10.9. The Labute approximate surface area is 112 Å². The Morgan fingerprint density at radius 1 is 1.26 bits per heavy atom. The molecule has 1 aliphatic carbocycles. The van der Waals surface area contributed by atoms with Crippen molar-refractivity contribution in [1.29, 1.82) is 0 Å². The molecule has 1 aliphatic rings. The van der Waals surface area contributed by atoms with Crippen LogP contribution in [-0.4, -0.2) is 22.1 Å². The Morgan fingerprint density at radius 3 is 2.53 bits per heavy atom. The van der Waals surface area contributed by atoms with Crippen LogP contribution in [0, 0.1) is 5.82 Å². The number of carboxylic acid groups (broad SMARTS) is 1. The van der Waals surface area contributed by atoms with Crippen LogP contribution in [0.25, 0.3) is 0 Å². The van der Waals surface area contributed by atoms with Crippen LogP contribution >= 0.6 is 0 Å². The zero-order chi connectivity index (χ0) is 13.7. The summed E-state index contributed by atoms with van der Waals surface area (Å²) in [5.41, 5.74) is -0.0953. The lowest BCUT2D eigenvalue weighted by Crippen LogP contribution is -2.23. The Bertz CT molecular complexity index is 443. The van der Waals surface area contributed by atoms with Gasteiger partial charge in [0.1, 0.15) is 17.2 Å². The molecule has 0 aliphatic heterocycles. The number of nitrogens with one attached hydrogen (secondary N) is 1. The third-order valence-electron chi connectivity index (χ3n) is 3.53. The van der Waals surface area contributed by atoms with Gasteiger partial charge in [-0.1, -0.05) is 32.1 Å². The molecule has 0 saturated heterocycles. The molecule has 2 rings (SSSR count). The van der Waals surface area contributed by atoms with Gasteiger partial charge in [0.25, 0.3) is 0 Å². The van der Waals surface area contributed by atoms with Crippen LogP contribution in [0.4, 0.5) is 10.2 Å². The highest BCUT2D eigenvalue weighted by Gasteiger charge is 2.17. The monoisotopic (exact) mass is 266 g/mol. The molecular weight excluding hydrogens is 247 g/mol. The number of halogens is 1. The minimum absolute atomic E-state index is 0.0953. The minimum Gasteiger partial charge on any atom is -0.478 e. The number of anilines is 1. The maximum atomic E-state index is 13.1. The van der Waals surface area contributed by atoms with E-state index < -0.39 is 11.8 Å². The van der Waals surface area contributed by atoms with E-state index in [1.54, 1.807) is 0 Å². The van der Waals surface area contributed by atoms with E-state index in [0.29, 0.717) is 0 Å². The van der Waals surface area contributed by atoms with E-state index in [1.165, 1.54) is 19.3 Å². The van der Waals surface area contributed by atoms with Crippen molar-refractivity contribution in [1.82, 2.24) is 4.98 Å². The average Bonchev–Trinajstić information content (AvgIpc) is 2.34. The Hall–Kier alpha value is -1.65. The molecule has 2 N–H and O–H groups in total. The number of carbonyl (C=O) groups is 1. The second kappa shape index (κ2) is 6.50. The first kappa shape index (κ1) is 13.8. The summed E-state index contributed by atoms with van der Waals surface area (Å²) in [7, 11) is 0. The second-order valence-electron chi connectivity index (χ2n) is 5.04. The molecule has 0 bridgehead atoms. The first-order valence-corrected chi connectivity index (χ1v) is 6.82. The Kier molecular flexibility index (Phi) is 4.71. The SMILES string of the molecule is O=C(O)c1cc(F)cnc1NC1CCCCCCC1. The van der Waals surface area contributed by atoms with E-state index in [9.17, 15) is 9.18 Å². The molecule has 0 aromatic carbocycles. The number of aromatic nitrogens is 1. The molecule has 0 spiro atoms. The molecule has 0 atom stereocenters. The van der Waals surface area contributed by atoms with E-state index >= 15 is 0 Å². The van der Waals surface area contributed by atoms with E-state index in [4.69, 9.17) is 5.11 Å². The van der Waals surface area contributed by atoms with Crippen molar-refractivity contribution >= 4 is 11.8 Å². The lowest BCUT2D eigenvalue weighted by Gasteiger charge is -2.22. The summed E-state index contributed by atoms with van der Waals surface area (Å²) in [6.45, 7) is 0. The summed E-state index contributed by atoms with van der Waals surface area (Å²) >= 11 is 0. The van der Waals surface area contributed by atoms with E-state index in [1.807, 2.05) is 0 Å². The number of carboxylic acids is 1. The fourth-order valence-corrected chi connectivity index (χ4v) is 2.51. The van der Waals surface area contributed by atoms with Gasteiger partial charge in [-0.05, 0) is 18.9 Å². The molecule has 1 heterocycles. The summed E-state index contributed by atoms with van der Waals surface area (Å²) in [4.78, 5) is 15.0. The van der Waals surface area contributed by atoms with Crippen molar-refractivity contribution in [2.24, 2.45) is 0 Å². The molecule has 1 fully saturated rings. The van der Waals surface area contributed by atoms with Gasteiger partial charge in [0.05, 0.1) is 6.20 Å². The molecule has 104 valence electrons.